The number of aliphatic imine (C=N–C) groups is 1. The summed E-state index contributed by atoms with van der Waals surface area (Å²) in [6, 6.07) is 10.8. The molecule has 2 aromatic carbocycles. The summed E-state index contributed by atoms with van der Waals surface area (Å²) < 4.78 is 0. The molecule has 0 saturated heterocycles. The van der Waals surface area contributed by atoms with Crippen molar-refractivity contribution in [2.24, 2.45) is 4.99 Å². The van der Waals surface area contributed by atoms with E-state index in [0.29, 0.717) is 21.2 Å². The predicted octanol–water partition coefficient (Wildman–Crippen LogP) is 7.39. The molecule has 0 atom stereocenters. The van der Waals surface area contributed by atoms with Crippen LogP contribution >= 0.6 is 22.9 Å². The molecule has 6 heteroatoms. The molecule has 1 aliphatic carbocycles. The Labute approximate surface area is 198 Å². The Morgan fingerprint density at radius 1 is 1.12 bits per heavy atom. The molecule has 4 nitrogen and oxygen atoms in total. The number of nitrogens with one attached hydrogen (secondary N) is 1. The molecule has 0 fully saturated rings. The monoisotopic (exact) mass is 466 g/mol. The maximum Gasteiger partial charge on any atom is 0.259 e. The molecule has 1 aliphatic rings. The first-order valence-electron chi connectivity index (χ1n) is 11.0. The summed E-state index contributed by atoms with van der Waals surface area (Å²) in [6.45, 7) is 4.06. The molecule has 0 radical (unpaired) electrons. The van der Waals surface area contributed by atoms with Crippen LogP contribution in [-0.2, 0) is 12.8 Å². The Balaban J connectivity index is 1.75. The van der Waals surface area contributed by atoms with Gasteiger partial charge in [0.25, 0.3) is 5.91 Å². The lowest BCUT2D eigenvalue weighted by Crippen LogP contribution is -2.15. The van der Waals surface area contributed by atoms with E-state index in [2.05, 4.69) is 10.3 Å². The third-order valence-electron chi connectivity index (χ3n) is 6.04. The third-order valence-corrected chi connectivity index (χ3v) is 7.48. The van der Waals surface area contributed by atoms with Crippen LogP contribution in [-0.4, -0.2) is 17.2 Å². The van der Waals surface area contributed by atoms with Crippen molar-refractivity contribution in [3.63, 3.8) is 0 Å². The number of aromatic hydroxyl groups is 1. The van der Waals surface area contributed by atoms with Gasteiger partial charge in [0.05, 0.1) is 5.56 Å². The Bertz CT molecular complexity index is 1180. The van der Waals surface area contributed by atoms with Gasteiger partial charge in [-0.1, -0.05) is 36.6 Å². The average molecular weight is 467 g/mol. The number of hydrogen-bond acceptors (Lipinski definition) is 4. The predicted molar refractivity (Wildman–Crippen MR) is 134 cm³/mol. The number of amides is 1. The van der Waals surface area contributed by atoms with Crippen LogP contribution in [0.25, 0.3) is 0 Å². The van der Waals surface area contributed by atoms with Crippen molar-refractivity contribution in [2.75, 3.05) is 5.32 Å². The van der Waals surface area contributed by atoms with E-state index in [-0.39, 0.29) is 11.7 Å². The number of thiophene rings is 1. The molecular weight excluding hydrogens is 440 g/mol. The van der Waals surface area contributed by atoms with Gasteiger partial charge in [-0.05, 0) is 80.5 Å². The zero-order chi connectivity index (χ0) is 22.7. The largest absolute Gasteiger partial charge is 0.507 e. The van der Waals surface area contributed by atoms with Crippen LogP contribution in [0, 0.1) is 13.8 Å². The molecule has 0 aliphatic heterocycles. The van der Waals surface area contributed by atoms with Gasteiger partial charge in [0.1, 0.15) is 10.8 Å². The minimum absolute atomic E-state index is 0.106. The van der Waals surface area contributed by atoms with Gasteiger partial charge < -0.3 is 10.4 Å². The van der Waals surface area contributed by atoms with Crippen LogP contribution in [0.15, 0.2) is 41.4 Å². The van der Waals surface area contributed by atoms with E-state index in [4.69, 9.17) is 11.6 Å². The molecule has 4 rings (SSSR count). The van der Waals surface area contributed by atoms with E-state index in [1.54, 1.807) is 35.8 Å². The quantitative estimate of drug-likeness (QED) is 0.394. The Hall–Kier alpha value is -2.63. The second kappa shape index (κ2) is 9.88. The van der Waals surface area contributed by atoms with Crippen LogP contribution in [0.2, 0.25) is 5.02 Å². The number of fused-ring (bicyclic) bond motifs is 1. The SMILES string of the molecule is Cc1cccc(NC(=O)c2c(N=Cc3cc(Cl)ccc3O)sc3c2CCCCCC3)c1C. The van der Waals surface area contributed by atoms with Crippen LogP contribution in [0.4, 0.5) is 10.7 Å². The third kappa shape index (κ3) is 4.89. The number of benzene rings is 2. The molecule has 3 aromatic rings. The van der Waals surface area contributed by atoms with Gasteiger partial charge in [-0.3, -0.25) is 4.79 Å². The van der Waals surface area contributed by atoms with Crippen molar-refractivity contribution in [3.05, 3.63) is 74.1 Å². The zero-order valence-corrected chi connectivity index (χ0v) is 19.9. The van der Waals surface area contributed by atoms with E-state index < -0.39 is 0 Å². The first-order valence-corrected chi connectivity index (χ1v) is 12.2. The molecule has 1 aromatic heterocycles. The van der Waals surface area contributed by atoms with Gasteiger partial charge in [-0.15, -0.1) is 11.3 Å². The number of hydrogen-bond donors (Lipinski definition) is 2. The maximum atomic E-state index is 13.5. The minimum atomic E-state index is -0.126. The lowest BCUT2D eigenvalue weighted by molar-refractivity contribution is 0.102. The lowest BCUT2D eigenvalue weighted by Gasteiger charge is -2.13. The number of nitrogens with zero attached hydrogens (tertiary/aromatic N) is 1. The van der Waals surface area contributed by atoms with Crippen molar-refractivity contribution >= 4 is 45.7 Å². The molecule has 1 heterocycles. The lowest BCUT2D eigenvalue weighted by atomic mass is 9.96. The number of carbonyl (C=O) groups is 1. The summed E-state index contributed by atoms with van der Waals surface area (Å²) in [6.07, 6.45) is 8.06. The van der Waals surface area contributed by atoms with Crippen LogP contribution in [0.1, 0.15) is 63.2 Å². The van der Waals surface area contributed by atoms with E-state index in [0.717, 1.165) is 48.1 Å². The summed E-state index contributed by atoms with van der Waals surface area (Å²) in [4.78, 5) is 19.4. The summed E-state index contributed by atoms with van der Waals surface area (Å²) in [7, 11) is 0. The molecule has 0 spiro atoms. The number of aryl methyl sites for hydroxylation is 2. The summed E-state index contributed by atoms with van der Waals surface area (Å²) >= 11 is 7.67. The average Bonchev–Trinajstić information content (AvgIpc) is 3.08. The molecule has 2 N–H and O–H groups in total. The fourth-order valence-corrected chi connectivity index (χ4v) is 5.47. The van der Waals surface area contributed by atoms with E-state index in [1.807, 2.05) is 32.0 Å². The fourth-order valence-electron chi connectivity index (χ4n) is 4.06. The normalized spacial score (nSPS) is 14.1. The second-order valence-corrected chi connectivity index (χ2v) is 9.78. The number of carbonyl (C=O) groups excluding carboxylic acids is 1. The number of halogens is 1. The highest BCUT2D eigenvalue weighted by atomic mass is 35.5. The number of phenols is 1. The highest BCUT2D eigenvalue weighted by molar-refractivity contribution is 7.16. The molecule has 0 saturated carbocycles. The van der Waals surface area contributed by atoms with Crippen molar-refractivity contribution in [1.29, 1.82) is 0 Å². The highest BCUT2D eigenvalue weighted by Crippen LogP contribution is 2.39. The second-order valence-electron chi connectivity index (χ2n) is 8.26. The first kappa shape index (κ1) is 22.6. The minimum Gasteiger partial charge on any atom is -0.507 e. The Morgan fingerprint density at radius 3 is 2.72 bits per heavy atom. The fraction of sp³-hybridized carbons (Fsp3) is 0.308. The van der Waals surface area contributed by atoms with E-state index in [1.165, 1.54) is 17.7 Å². The molecule has 166 valence electrons. The standard InChI is InChI=1S/C26H27ClN2O2S/c1-16-8-7-10-21(17(16)2)29-25(31)24-20-9-5-3-4-6-11-23(20)32-26(24)28-15-18-14-19(27)12-13-22(18)30/h7-8,10,12-15,30H,3-6,9,11H2,1-2H3,(H,29,31). The van der Waals surface area contributed by atoms with Crippen molar-refractivity contribution in [2.45, 2.75) is 52.4 Å². The van der Waals surface area contributed by atoms with Crippen LogP contribution in [0.3, 0.4) is 0 Å². The molecule has 0 bridgehead atoms. The van der Waals surface area contributed by atoms with Gasteiger partial charge in [0, 0.05) is 27.4 Å². The summed E-state index contributed by atoms with van der Waals surface area (Å²) in [5, 5.41) is 14.5. The Kier molecular flexibility index (Phi) is 6.97. The van der Waals surface area contributed by atoms with Gasteiger partial charge in [0.2, 0.25) is 0 Å². The summed E-state index contributed by atoms with van der Waals surface area (Å²) in [5.74, 6) is -0.0197. The van der Waals surface area contributed by atoms with Gasteiger partial charge in [-0.2, -0.15) is 0 Å². The van der Waals surface area contributed by atoms with Gasteiger partial charge >= 0.3 is 0 Å². The smallest absolute Gasteiger partial charge is 0.259 e. The zero-order valence-electron chi connectivity index (χ0n) is 18.4. The van der Waals surface area contributed by atoms with Crippen molar-refractivity contribution in [3.8, 4) is 5.75 Å². The van der Waals surface area contributed by atoms with Crippen LogP contribution in [0.5, 0.6) is 5.75 Å². The first-order chi connectivity index (χ1) is 15.4. The maximum absolute atomic E-state index is 13.5. The molecule has 1 amide bonds. The molecular formula is C26H27ClN2O2S. The topological polar surface area (TPSA) is 61.7 Å². The number of anilines is 1. The highest BCUT2D eigenvalue weighted by Gasteiger charge is 2.24. The van der Waals surface area contributed by atoms with Crippen LogP contribution < -0.4 is 5.32 Å². The van der Waals surface area contributed by atoms with Crippen molar-refractivity contribution < 1.29 is 9.90 Å². The van der Waals surface area contributed by atoms with Crippen molar-refractivity contribution in [1.82, 2.24) is 0 Å². The number of phenolic OH excluding ortho intramolecular Hbond substituents is 1. The van der Waals surface area contributed by atoms with Gasteiger partial charge in [-0.25, -0.2) is 4.99 Å². The van der Waals surface area contributed by atoms with E-state index >= 15 is 0 Å². The summed E-state index contributed by atoms with van der Waals surface area (Å²) in [5.41, 5.74) is 5.33. The Morgan fingerprint density at radius 2 is 1.91 bits per heavy atom. The molecule has 32 heavy (non-hydrogen) atoms. The number of rotatable bonds is 4. The van der Waals surface area contributed by atoms with Gasteiger partial charge in [0.15, 0.2) is 0 Å². The van der Waals surface area contributed by atoms with E-state index in [9.17, 15) is 9.90 Å². The molecule has 0 unspecified atom stereocenters.